The van der Waals surface area contributed by atoms with Crippen molar-refractivity contribution in [2.75, 3.05) is 0 Å². The molecular weight excluding hydrogens is 302 g/mol. The Balaban J connectivity index is 1.80. The lowest BCUT2D eigenvalue weighted by atomic mass is 10.1. The van der Waals surface area contributed by atoms with Crippen molar-refractivity contribution in [1.82, 2.24) is 4.57 Å². The number of fused-ring (bicyclic) bond motifs is 3. The van der Waals surface area contributed by atoms with E-state index >= 15 is 0 Å². The Kier molecular flexibility index (Phi) is 4.39. The van der Waals surface area contributed by atoms with Gasteiger partial charge in [-0.05, 0) is 35.7 Å². The van der Waals surface area contributed by atoms with Gasteiger partial charge in [-0.25, -0.2) is 0 Å². The number of rotatable bonds is 5. The predicted molar refractivity (Wildman–Crippen MR) is 110 cm³/mol. The monoisotopic (exact) mass is 325 g/mol. The molecule has 0 aliphatic rings. The quantitative estimate of drug-likeness (QED) is 0.357. The van der Waals surface area contributed by atoms with Gasteiger partial charge in [-0.2, -0.15) is 0 Å². The molecule has 0 aliphatic carbocycles. The fourth-order valence-electron chi connectivity index (χ4n) is 3.49. The van der Waals surface area contributed by atoms with Crippen LogP contribution in [0.5, 0.6) is 0 Å². The van der Waals surface area contributed by atoms with Gasteiger partial charge in [0.15, 0.2) is 0 Å². The first-order valence-electron chi connectivity index (χ1n) is 9.11. The van der Waals surface area contributed by atoms with Crippen molar-refractivity contribution in [2.24, 2.45) is 0 Å². The van der Waals surface area contributed by atoms with Crippen molar-refractivity contribution in [1.29, 1.82) is 0 Å². The molecule has 0 fully saturated rings. The maximum Gasteiger partial charge on any atom is 0.0491 e. The molecule has 0 amide bonds. The van der Waals surface area contributed by atoms with Crippen molar-refractivity contribution in [3.63, 3.8) is 0 Å². The smallest absolute Gasteiger partial charge is 0.0491 e. The first-order chi connectivity index (χ1) is 12.4. The third kappa shape index (κ3) is 3.10. The molecular formula is C24H23N. The molecule has 0 spiro atoms. The summed E-state index contributed by atoms with van der Waals surface area (Å²) >= 11 is 0. The van der Waals surface area contributed by atoms with Crippen LogP contribution < -0.4 is 0 Å². The average molecular weight is 325 g/mol. The van der Waals surface area contributed by atoms with Gasteiger partial charge < -0.3 is 4.57 Å². The maximum absolute atomic E-state index is 2.47. The van der Waals surface area contributed by atoms with Gasteiger partial charge in [-0.15, -0.1) is 0 Å². The predicted octanol–water partition coefficient (Wildman–Crippen LogP) is 6.77. The van der Waals surface area contributed by atoms with Gasteiger partial charge in [0.05, 0.1) is 0 Å². The van der Waals surface area contributed by atoms with E-state index in [2.05, 4.69) is 96.4 Å². The van der Waals surface area contributed by atoms with Crippen molar-refractivity contribution < 1.29 is 0 Å². The lowest BCUT2D eigenvalue weighted by molar-refractivity contribution is 0.665. The third-order valence-electron chi connectivity index (χ3n) is 4.80. The van der Waals surface area contributed by atoms with Crippen molar-refractivity contribution >= 4 is 34.0 Å². The maximum atomic E-state index is 2.47. The summed E-state index contributed by atoms with van der Waals surface area (Å²) in [5.41, 5.74) is 5.16. The van der Waals surface area contributed by atoms with E-state index in [-0.39, 0.29) is 0 Å². The van der Waals surface area contributed by atoms with Crippen LogP contribution in [0, 0.1) is 0 Å². The fourth-order valence-corrected chi connectivity index (χ4v) is 3.49. The van der Waals surface area contributed by atoms with E-state index in [9.17, 15) is 0 Å². The van der Waals surface area contributed by atoms with Gasteiger partial charge >= 0.3 is 0 Å². The van der Waals surface area contributed by atoms with Gasteiger partial charge in [0.25, 0.3) is 0 Å². The molecule has 1 nitrogen and oxygen atoms in total. The van der Waals surface area contributed by atoms with Gasteiger partial charge in [0.1, 0.15) is 0 Å². The Labute approximate surface area is 149 Å². The number of aromatic nitrogens is 1. The summed E-state index contributed by atoms with van der Waals surface area (Å²) in [6, 6.07) is 26.0. The summed E-state index contributed by atoms with van der Waals surface area (Å²) in [4.78, 5) is 0. The molecule has 25 heavy (non-hydrogen) atoms. The largest absolute Gasteiger partial charge is 0.340 e. The van der Waals surface area contributed by atoms with Gasteiger partial charge in [-0.3, -0.25) is 0 Å². The number of hydrogen-bond donors (Lipinski definition) is 0. The molecule has 0 aliphatic heterocycles. The Morgan fingerprint density at radius 3 is 2.28 bits per heavy atom. The Hall–Kier alpha value is -2.80. The van der Waals surface area contributed by atoms with Crippen LogP contribution in [-0.4, -0.2) is 4.57 Å². The van der Waals surface area contributed by atoms with Gasteiger partial charge in [0.2, 0.25) is 0 Å². The number of hydrogen-bond acceptors (Lipinski definition) is 0. The molecule has 0 saturated carbocycles. The fraction of sp³-hybridized carbons (Fsp3) is 0.167. The van der Waals surface area contributed by atoms with E-state index in [1.807, 2.05) is 0 Å². The molecule has 4 rings (SSSR count). The zero-order valence-corrected chi connectivity index (χ0v) is 14.7. The van der Waals surface area contributed by atoms with Crippen molar-refractivity contribution in [2.45, 2.75) is 26.3 Å². The van der Waals surface area contributed by atoms with Crippen LogP contribution in [0.1, 0.15) is 30.9 Å². The molecule has 1 aromatic heterocycles. The second-order valence-corrected chi connectivity index (χ2v) is 6.54. The second kappa shape index (κ2) is 6.98. The molecule has 0 N–H and O–H groups in total. The Morgan fingerprint density at radius 1 is 0.720 bits per heavy atom. The number of para-hydroxylation sites is 1. The summed E-state index contributed by atoms with van der Waals surface area (Å²) in [5.74, 6) is 0. The number of benzene rings is 3. The second-order valence-electron chi connectivity index (χ2n) is 6.54. The SMILES string of the molecule is CCCCn1c2ccccc2c2cc(C=Cc3ccccc3)ccc21. The summed E-state index contributed by atoms with van der Waals surface area (Å²) in [5, 5.41) is 2.70. The van der Waals surface area contributed by atoms with E-state index in [1.165, 1.54) is 45.8 Å². The lowest BCUT2D eigenvalue weighted by Gasteiger charge is -2.06. The highest BCUT2D eigenvalue weighted by atomic mass is 15.0. The highest BCUT2D eigenvalue weighted by Crippen LogP contribution is 2.30. The lowest BCUT2D eigenvalue weighted by Crippen LogP contribution is -1.96. The zero-order chi connectivity index (χ0) is 17.1. The van der Waals surface area contributed by atoms with E-state index < -0.39 is 0 Å². The molecule has 0 bridgehead atoms. The summed E-state index contributed by atoms with van der Waals surface area (Å²) < 4.78 is 2.47. The minimum Gasteiger partial charge on any atom is -0.340 e. The van der Waals surface area contributed by atoms with Crippen LogP contribution in [0.4, 0.5) is 0 Å². The molecule has 3 aromatic carbocycles. The Bertz CT molecular complexity index is 1020. The molecule has 1 heteroatoms. The molecule has 0 atom stereocenters. The minimum absolute atomic E-state index is 1.08. The van der Waals surface area contributed by atoms with E-state index in [4.69, 9.17) is 0 Å². The summed E-state index contributed by atoms with van der Waals surface area (Å²) in [7, 11) is 0. The van der Waals surface area contributed by atoms with Crippen LogP contribution in [0.25, 0.3) is 34.0 Å². The summed E-state index contributed by atoms with van der Waals surface area (Å²) in [6.45, 7) is 3.33. The molecule has 0 radical (unpaired) electrons. The zero-order valence-electron chi connectivity index (χ0n) is 14.7. The topological polar surface area (TPSA) is 4.93 Å². The van der Waals surface area contributed by atoms with Gasteiger partial charge in [-0.1, -0.05) is 80.1 Å². The molecule has 124 valence electrons. The molecule has 4 aromatic rings. The standard InChI is InChI=1S/C24H23N/c1-2-3-17-25-23-12-8-7-11-21(23)22-18-20(15-16-24(22)25)14-13-19-9-5-4-6-10-19/h4-16,18H,2-3,17H2,1H3. The van der Waals surface area contributed by atoms with Crippen molar-refractivity contribution in [3.8, 4) is 0 Å². The van der Waals surface area contributed by atoms with Crippen LogP contribution in [-0.2, 0) is 6.54 Å². The van der Waals surface area contributed by atoms with E-state index in [0.29, 0.717) is 0 Å². The average Bonchev–Trinajstić information content (AvgIpc) is 2.99. The number of aryl methyl sites for hydroxylation is 1. The third-order valence-corrected chi connectivity index (χ3v) is 4.80. The normalized spacial score (nSPS) is 11.7. The van der Waals surface area contributed by atoms with E-state index in [0.717, 1.165) is 6.54 Å². The van der Waals surface area contributed by atoms with Crippen LogP contribution in [0.3, 0.4) is 0 Å². The molecule has 0 saturated heterocycles. The van der Waals surface area contributed by atoms with Crippen LogP contribution >= 0.6 is 0 Å². The minimum atomic E-state index is 1.08. The number of unbranched alkanes of at least 4 members (excludes halogenated alkanes) is 1. The number of nitrogens with zero attached hydrogens (tertiary/aromatic N) is 1. The van der Waals surface area contributed by atoms with Gasteiger partial charge in [0, 0.05) is 28.4 Å². The first kappa shape index (κ1) is 15.7. The van der Waals surface area contributed by atoms with Crippen molar-refractivity contribution in [3.05, 3.63) is 83.9 Å². The summed E-state index contributed by atoms with van der Waals surface area (Å²) in [6.07, 6.45) is 6.81. The van der Waals surface area contributed by atoms with Crippen LogP contribution in [0.15, 0.2) is 72.8 Å². The molecule has 1 heterocycles. The van der Waals surface area contributed by atoms with E-state index in [1.54, 1.807) is 0 Å². The molecule has 0 unspecified atom stereocenters. The highest BCUT2D eigenvalue weighted by Gasteiger charge is 2.09. The van der Waals surface area contributed by atoms with Crippen LogP contribution in [0.2, 0.25) is 0 Å². The first-order valence-corrected chi connectivity index (χ1v) is 9.11. The highest BCUT2D eigenvalue weighted by molar-refractivity contribution is 6.08. The Morgan fingerprint density at radius 2 is 1.44 bits per heavy atom.